The van der Waals surface area contributed by atoms with Gasteiger partial charge >= 0.3 is 0 Å². The van der Waals surface area contributed by atoms with Crippen LogP contribution in [0.4, 0.5) is 0 Å². The molecule has 9 heteroatoms. The molecule has 0 atom stereocenters. The minimum Gasteiger partial charge on any atom is -0.447 e. The minimum absolute atomic E-state index is 0.0856. The van der Waals surface area contributed by atoms with Crippen LogP contribution in [0, 0.1) is 0 Å². The molecule has 8 nitrogen and oxygen atoms in total. The van der Waals surface area contributed by atoms with Crippen molar-refractivity contribution in [1.29, 1.82) is 0 Å². The number of hydrogen-bond donors (Lipinski definition) is 2. The van der Waals surface area contributed by atoms with Crippen molar-refractivity contribution < 1.29 is 22.3 Å². The normalized spacial score (nSPS) is 17.2. The maximum atomic E-state index is 12.2. The summed E-state index contributed by atoms with van der Waals surface area (Å²) < 4.78 is 39.8. The first-order valence-corrected chi connectivity index (χ1v) is 8.23. The van der Waals surface area contributed by atoms with Crippen molar-refractivity contribution in [2.75, 3.05) is 46.6 Å². The van der Waals surface area contributed by atoms with Gasteiger partial charge in [-0.2, -0.15) is 0 Å². The van der Waals surface area contributed by atoms with Crippen LogP contribution in [-0.4, -0.2) is 60.0 Å². The molecule has 2 rings (SSSR count). The Hall–Kier alpha value is -0.970. The Morgan fingerprint density at radius 2 is 2.10 bits per heavy atom. The quantitative estimate of drug-likeness (QED) is 0.626. The van der Waals surface area contributed by atoms with Gasteiger partial charge in [0, 0.05) is 26.7 Å². The first-order chi connectivity index (χ1) is 10.1. The number of nitrogens with zero attached hydrogens (tertiary/aromatic N) is 1. The molecule has 1 aliphatic rings. The molecule has 1 fully saturated rings. The zero-order valence-corrected chi connectivity index (χ0v) is 12.8. The van der Waals surface area contributed by atoms with Gasteiger partial charge in [0.15, 0.2) is 0 Å². The molecular formula is C12H21N3O5S. The summed E-state index contributed by atoms with van der Waals surface area (Å²) in [6.45, 7) is 3.77. The Bertz CT molecular complexity index is 525. The molecule has 0 radical (unpaired) electrons. The number of morpholine rings is 1. The van der Waals surface area contributed by atoms with Crippen LogP contribution in [0.25, 0.3) is 0 Å². The van der Waals surface area contributed by atoms with Gasteiger partial charge in [0.2, 0.25) is 5.09 Å². The van der Waals surface area contributed by atoms with Gasteiger partial charge in [-0.1, -0.05) is 0 Å². The van der Waals surface area contributed by atoms with Crippen molar-refractivity contribution >= 4 is 10.0 Å². The number of hydrogen-bond acceptors (Lipinski definition) is 7. The summed E-state index contributed by atoms with van der Waals surface area (Å²) in [4.78, 5) is 2.49. The summed E-state index contributed by atoms with van der Waals surface area (Å²) >= 11 is 0. The lowest BCUT2D eigenvalue weighted by molar-refractivity contribution is 0.0269. The lowest BCUT2D eigenvalue weighted by Gasteiger charge is -2.26. The van der Waals surface area contributed by atoms with Crippen LogP contribution in [0.15, 0.2) is 21.6 Å². The summed E-state index contributed by atoms with van der Waals surface area (Å²) in [6, 6.07) is 3.10. The van der Waals surface area contributed by atoms with E-state index >= 15 is 0 Å². The molecule has 1 aliphatic heterocycles. The predicted molar refractivity (Wildman–Crippen MR) is 75.0 cm³/mol. The van der Waals surface area contributed by atoms with E-state index < -0.39 is 10.0 Å². The Balaban J connectivity index is 1.89. The Morgan fingerprint density at radius 1 is 1.33 bits per heavy atom. The average Bonchev–Trinajstić information content (AvgIpc) is 2.94. The van der Waals surface area contributed by atoms with Gasteiger partial charge in [0.05, 0.1) is 26.4 Å². The molecule has 0 aliphatic carbocycles. The largest absolute Gasteiger partial charge is 0.447 e. The van der Waals surface area contributed by atoms with Crippen LogP contribution in [-0.2, 0) is 26.0 Å². The van der Waals surface area contributed by atoms with E-state index in [1.165, 1.54) is 6.07 Å². The second-order valence-electron chi connectivity index (χ2n) is 4.58. The number of sulfonamides is 1. The van der Waals surface area contributed by atoms with E-state index in [0.717, 1.165) is 0 Å². The maximum Gasteiger partial charge on any atom is 0.286 e. The van der Waals surface area contributed by atoms with Crippen LogP contribution < -0.4 is 10.1 Å². The highest BCUT2D eigenvalue weighted by molar-refractivity contribution is 7.89. The number of rotatable bonds is 8. The van der Waals surface area contributed by atoms with Crippen LogP contribution >= 0.6 is 0 Å². The molecule has 0 unspecified atom stereocenters. The van der Waals surface area contributed by atoms with Crippen molar-refractivity contribution in [3.05, 3.63) is 17.9 Å². The molecule has 0 bridgehead atoms. The van der Waals surface area contributed by atoms with Crippen LogP contribution in [0.3, 0.4) is 0 Å². The van der Waals surface area contributed by atoms with E-state index in [4.69, 9.17) is 13.9 Å². The number of methoxy groups -OCH3 is 1. The van der Waals surface area contributed by atoms with E-state index in [1.807, 2.05) is 0 Å². The van der Waals surface area contributed by atoms with Gasteiger partial charge in [-0.15, -0.1) is 4.83 Å². The third kappa shape index (κ3) is 5.06. The van der Waals surface area contributed by atoms with Gasteiger partial charge in [-0.3, -0.25) is 0 Å². The van der Waals surface area contributed by atoms with E-state index in [-0.39, 0.29) is 5.09 Å². The SMILES string of the molecule is COCCNCc1ccc(S(=O)(=O)NN2CCOCC2)o1. The van der Waals surface area contributed by atoms with E-state index in [0.29, 0.717) is 51.8 Å². The van der Waals surface area contributed by atoms with Crippen LogP contribution in [0.2, 0.25) is 0 Å². The fourth-order valence-corrected chi connectivity index (χ4v) is 2.93. The van der Waals surface area contributed by atoms with Gasteiger partial charge < -0.3 is 19.2 Å². The lowest BCUT2D eigenvalue weighted by Crippen LogP contribution is -2.48. The molecule has 21 heavy (non-hydrogen) atoms. The topological polar surface area (TPSA) is 93.0 Å². The molecule has 0 aromatic carbocycles. The monoisotopic (exact) mass is 319 g/mol. The third-order valence-electron chi connectivity index (χ3n) is 2.94. The first-order valence-electron chi connectivity index (χ1n) is 6.75. The Morgan fingerprint density at radius 3 is 2.81 bits per heavy atom. The first kappa shape index (κ1) is 16.4. The fourth-order valence-electron chi connectivity index (χ4n) is 1.85. The summed E-state index contributed by atoms with van der Waals surface area (Å²) in [7, 11) is -2.05. The van der Waals surface area contributed by atoms with Crippen molar-refractivity contribution in [3.8, 4) is 0 Å². The molecule has 0 saturated carbocycles. The zero-order valence-electron chi connectivity index (χ0n) is 12.0. The van der Waals surface area contributed by atoms with Gasteiger partial charge in [0.1, 0.15) is 5.76 Å². The molecule has 2 heterocycles. The summed E-state index contributed by atoms with van der Waals surface area (Å²) in [5, 5.41) is 4.61. The summed E-state index contributed by atoms with van der Waals surface area (Å²) in [6.07, 6.45) is 0. The highest BCUT2D eigenvalue weighted by Gasteiger charge is 2.23. The van der Waals surface area contributed by atoms with E-state index in [2.05, 4.69) is 10.1 Å². The van der Waals surface area contributed by atoms with Crippen molar-refractivity contribution in [2.24, 2.45) is 0 Å². The molecular weight excluding hydrogens is 298 g/mol. The molecule has 1 aromatic rings. The Labute approximate surface area is 124 Å². The second-order valence-corrected chi connectivity index (χ2v) is 6.18. The summed E-state index contributed by atoms with van der Waals surface area (Å²) in [5.41, 5.74) is 0. The van der Waals surface area contributed by atoms with E-state index in [1.54, 1.807) is 18.2 Å². The van der Waals surface area contributed by atoms with Gasteiger partial charge in [-0.05, 0) is 12.1 Å². The summed E-state index contributed by atoms with van der Waals surface area (Å²) in [5.74, 6) is 0.563. The highest BCUT2D eigenvalue weighted by Crippen LogP contribution is 2.14. The molecule has 1 aromatic heterocycles. The smallest absolute Gasteiger partial charge is 0.286 e. The van der Waals surface area contributed by atoms with Crippen LogP contribution in [0.5, 0.6) is 0 Å². The second kappa shape index (κ2) is 7.87. The van der Waals surface area contributed by atoms with Gasteiger partial charge in [-0.25, -0.2) is 13.4 Å². The third-order valence-corrected chi connectivity index (χ3v) is 4.19. The highest BCUT2D eigenvalue weighted by atomic mass is 32.2. The number of ether oxygens (including phenoxy) is 2. The average molecular weight is 319 g/mol. The molecule has 1 saturated heterocycles. The number of furan rings is 1. The Kier molecular flexibility index (Phi) is 6.15. The predicted octanol–water partition coefficient (Wildman–Crippen LogP) is -0.459. The molecule has 0 amide bonds. The number of nitrogens with one attached hydrogen (secondary N) is 2. The molecule has 120 valence electrons. The minimum atomic E-state index is -3.67. The fraction of sp³-hybridized carbons (Fsp3) is 0.667. The number of hydrazine groups is 1. The zero-order chi connectivity index (χ0) is 15.1. The van der Waals surface area contributed by atoms with Crippen molar-refractivity contribution in [2.45, 2.75) is 11.6 Å². The van der Waals surface area contributed by atoms with Crippen molar-refractivity contribution in [3.63, 3.8) is 0 Å². The van der Waals surface area contributed by atoms with Gasteiger partial charge in [0.25, 0.3) is 10.0 Å². The standard InChI is InChI=1S/C12H21N3O5S/c1-18-7-4-13-10-11-2-3-12(20-11)21(16,17)14-15-5-8-19-9-6-15/h2-3,13-14H,4-10H2,1H3. The van der Waals surface area contributed by atoms with Crippen molar-refractivity contribution in [1.82, 2.24) is 15.2 Å². The van der Waals surface area contributed by atoms with E-state index in [9.17, 15) is 8.42 Å². The maximum absolute atomic E-state index is 12.2. The lowest BCUT2D eigenvalue weighted by atomic mass is 10.4. The molecule has 2 N–H and O–H groups in total. The van der Waals surface area contributed by atoms with Crippen LogP contribution in [0.1, 0.15) is 5.76 Å². The molecule has 0 spiro atoms.